The second-order valence-electron chi connectivity index (χ2n) is 19.0. The summed E-state index contributed by atoms with van der Waals surface area (Å²) in [5, 5.41) is 2.47. The Morgan fingerprint density at radius 1 is 0.197 bits per heavy atom. The molecule has 1 aromatic heterocycles. The van der Waals surface area contributed by atoms with Gasteiger partial charge in [0.25, 0.3) is 0 Å². The van der Waals surface area contributed by atoms with Crippen molar-refractivity contribution in [1.29, 1.82) is 0 Å². The molecule has 0 bridgehead atoms. The molecule has 12 aromatic rings. The highest BCUT2D eigenvalue weighted by Crippen LogP contribution is 2.63. The van der Waals surface area contributed by atoms with Gasteiger partial charge in [-0.2, -0.15) is 0 Å². The van der Waals surface area contributed by atoms with E-state index in [1.807, 2.05) is 0 Å². The summed E-state index contributed by atoms with van der Waals surface area (Å²) < 4.78 is 0. The van der Waals surface area contributed by atoms with Crippen LogP contribution in [0.15, 0.2) is 273 Å². The third-order valence-corrected chi connectivity index (χ3v) is 15.1. The van der Waals surface area contributed by atoms with Gasteiger partial charge in [-0.25, -0.2) is 4.98 Å². The summed E-state index contributed by atoms with van der Waals surface area (Å²) >= 11 is 0. The molecule has 0 fully saturated rings. The van der Waals surface area contributed by atoms with Gasteiger partial charge in [-0.15, -0.1) is 0 Å². The van der Waals surface area contributed by atoms with Crippen molar-refractivity contribution >= 4 is 10.8 Å². The first-order valence-electron chi connectivity index (χ1n) is 24.6. The van der Waals surface area contributed by atoms with Crippen LogP contribution in [0.1, 0.15) is 22.3 Å². The first-order valence-corrected chi connectivity index (χ1v) is 24.6. The van der Waals surface area contributed by atoms with E-state index in [2.05, 4.69) is 273 Å². The van der Waals surface area contributed by atoms with Gasteiger partial charge >= 0.3 is 0 Å². The van der Waals surface area contributed by atoms with E-state index >= 15 is 0 Å². The highest BCUT2D eigenvalue weighted by Gasteiger charge is 2.51. The number of pyridine rings is 1. The van der Waals surface area contributed by atoms with Crippen molar-refractivity contribution in [2.24, 2.45) is 0 Å². The van der Waals surface area contributed by atoms with E-state index in [4.69, 9.17) is 4.98 Å². The van der Waals surface area contributed by atoms with Crippen LogP contribution in [-0.4, -0.2) is 4.98 Å². The lowest BCUT2D eigenvalue weighted by molar-refractivity contribution is 0.794. The van der Waals surface area contributed by atoms with Crippen LogP contribution in [0, 0.1) is 0 Å². The number of hydrogen-bond donors (Lipinski definition) is 0. The molecule has 330 valence electrons. The Morgan fingerprint density at radius 2 is 0.620 bits per heavy atom. The quantitative estimate of drug-likeness (QED) is 0.155. The molecular formula is C70H45N. The summed E-state index contributed by atoms with van der Waals surface area (Å²) in [4.78, 5) is 5.36. The van der Waals surface area contributed by atoms with E-state index in [0.717, 1.165) is 44.8 Å². The fourth-order valence-corrected chi connectivity index (χ4v) is 11.8. The van der Waals surface area contributed by atoms with Gasteiger partial charge in [0.2, 0.25) is 0 Å². The van der Waals surface area contributed by atoms with Gasteiger partial charge in [0.15, 0.2) is 0 Å². The minimum atomic E-state index is -0.454. The zero-order valence-corrected chi connectivity index (χ0v) is 38.9. The highest BCUT2D eigenvalue weighted by molar-refractivity contribution is 6.00. The molecule has 0 amide bonds. The Bertz CT molecular complexity index is 4000. The topological polar surface area (TPSA) is 12.9 Å². The van der Waals surface area contributed by atoms with Crippen molar-refractivity contribution in [3.05, 3.63) is 295 Å². The summed E-state index contributed by atoms with van der Waals surface area (Å²) in [6, 6.07) is 100. The molecule has 0 aliphatic heterocycles. The minimum Gasteiger partial charge on any atom is -0.248 e. The minimum absolute atomic E-state index is 0.454. The molecule has 71 heavy (non-hydrogen) atoms. The molecule has 2 aliphatic carbocycles. The number of rotatable bonds is 7. The molecule has 14 rings (SSSR count). The van der Waals surface area contributed by atoms with Crippen LogP contribution in [0.5, 0.6) is 0 Å². The number of fused-ring (bicyclic) bond motifs is 11. The lowest BCUT2D eigenvalue weighted by atomic mass is 9.70. The third kappa shape index (κ3) is 6.66. The maximum absolute atomic E-state index is 5.36. The van der Waals surface area contributed by atoms with E-state index < -0.39 is 5.41 Å². The summed E-state index contributed by atoms with van der Waals surface area (Å²) in [5.74, 6) is 0. The Morgan fingerprint density at radius 3 is 1.27 bits per heavy atom. The fraction of sp³-hybridized carbons (Fsp3) is 0.0143. The Labute approximate surface area is 414 Å². The first kappa shape index (κ1) is 40.9. The van der Waals surface area contributed by atoms with Gasteiger partial charge in [0.05, 0.1) is 16.8 Å². The molecule has 0 N–H and O–H groups in total. The monoisotopic (exact) mass is 899 g/mol. The van der Waals surface area contributed by atoms with Crippen molar-refractivity contribution in [2.45, 2.75) is 5.41 Å². The van der Waals surface area contributed by atoms with Gasteiger partial charge in [0, 0.05) is 11.1 Å². The average Bonchev–Trinajstić information content (AvgIpc) is 3.92. The highest BCUT2D eigenvalue weighted by atomic mass is 14.7. The average molecular weight is 900 g/mol. The predicted octanol–water partition coefficient (Wildman–Crippen LogP) is 18.2. The third-order valence-electron chi connectivity index (χ3n) is 15.1. The van der Waals surface area contributed by atoms with Gasteiger partial charge < -0.3 is 0 Å². The maximum Gasteiger partial charge on any atom is 0.0725 e. The number of hydrogen-bond acceptors (Lipinski definition) is 1. The van der Waals surface area contributed by atoms with Crippen LogP contribution in [0.25, 0.3) is 111 Å². The standard InChI is InChI=1S/C70H45N/c1-3-18-46(19-4-1)50-24-15-27-53(38-50)57-42-68(48-21-5-2-6-22-48)71-69(43-57)56-29-17-26-52(41-56)51-25-16-28-54(40-51)62-45-67-63(44-61(62)55-37-36-47-20-7-8-23-49(47)39-55)60-32-11-14-35-66(60)70(67)64-33-12-9-30-58(64)59-31-10-13-34-65(59)70/h1-45H. The summed E-state index contributed by atoms with van der Waals surface area (Å²) in [6.45, 7) is 0. The molecule has 1 nitrogen and oxygen atoms in total. The zero-order valence-electron chi connectivity index (χ0n) is 38.9. The van der Waals surface area contributed by atoms with Crippen molar-refractivity contribution in [2.75, 3.05) is 0 Å². The molecule has 0 saturated heterocycles. The Kier molecular flexibility index (Phi) is 9.50. The molecule has 0 saturated carbocycles. The molecular weight excluding hydrogens is 855 g/mol. The molecule has 1 heterocycles. The normalized spacial score (nSPS) is 12.6. The molecule has 0 radical (unpaired) electrons. The Balaban J connectivity index is 0.939. The van der Waals surface area contributed by atoms with Crippen LogP contribution in [0.4, 0.5) is 0 Å². The maximum atomic E-state index is 5.36. The van der Waals surface area contributed by atoms with E-state index in [1.165, 1.54) is 88.7 Å². The molecule has 2 aliphatic rings. The van der Waals surface area contributed by atoms with E-state index in [1.54, 1.807) is 0 Å². The van der Waals surface area contributed by atoms with Gasteiger partial charge in [-0.1, -0.05) is 224 Å². The lowest BCUT2D eigenvalue weighted by Crippen LogP contribution is -2.25. The predicted molar refractivity (Wildman–Crippen MR) is 296 cm³/mol. The molecule has 1 heteroatoms. The zero-order chi connectivity index (χ0) is 46.9. The molecule has 11 aromatic carbocycles. The van der Waals surface area contributed by atoms with Crippen LogP contribution in [0.3, 0.4) is 0 Å². The molecule has 1 spiro atoms. The SMILES string of the molecule is c1ccc(-c2cccc(-c3cc(-c4ccccc4)nc(-c4cccc(-c5cccc(-c6cc7c(cc6-c6ccc8ccccc8c6)-c6ccccc6C76c7ccccc7-c7ccccc76)c5)c4)c3)c2)cc1. The molecule has 0 unspecified atom stereocenters. The Hall–Kier alpha value is -9.17. The number of benzene rings is 11. The largest absolute Gasteiger partial charge is 0.248 e. The van der Waals surface area contributed by atoms with Crippen LogP contribution < -0.4 is 0 Å². The van der Waals surface area contributed by atoms with Gasteiger partial charge in [-0.05, 0) is 159 Å². The van der Waals surface area contributed by atoms with E-state index in [-0.39, 0.29) is 0 Å². The van der Waals surface area contributed by atoms with Crippen molar-refractivity contribution in [1.82, 2.24) is 4.98 Å². The van der Waals surface area contributed by atoms with E-state index in [0.29, 0.717) is 0 Å². The van der Waals surface area contributed by atoms with Crippen LogP contribution in [-0.2, 0) is 5.41 Å². The number of aromatic nitrogens is 1. The van der Waals surface area contributed by atoms with Gasteiger partial charge in [0.1, 0.15) is 0 Å². The van der Waals surface area contributed by atoms with Crippen molar-refractivity contribution in [3.8, 4) is 100 Å². The van der Waals surface area contributed by atoms with Gasteiger partial charge in [-0.3, -0.25) is 0 Å². The fourth-order valence-electron chi connectivity index (χ4n) is 11.8. The summed E-state index contributed by atoms with van der Waals surface area (Å²) in [5.41, 5.74) is 25.9. The second kappa shape index (κ2) is 16.5. The molecule has 0 atom stereocenters. The van der Waals surface area contributed by atoms with Crippen LogP contribution >= 0.6 is 0 Å². The number of nitrogens with zero attached hydrogens (tertiary/aromatic N) is 1. The summed E-state index contributed by atoms with van der Waals surface area (Å²) in [6.07, 6.45) is 0. The summed E-state index contributed by atoms with van der Waals surface area (Å²) in [7, 11) is 0. The van der Waals surface area contributed by atoms with Crippen molar-refractivity contribution < 1.29 is 0 Å². The second-order valence-corrected chi connectivity index (χ2v) is 19.0. The first-order chi connectivity index (χ1) is 35.2. The van der Waals surface area contributed by atoms with Crippen molar-refractivity contribution in [3.63, 3.8) is 0 Å². The van der Waals surface area contributed by atoms with Crippen LogP contribution in [0.2, 0.25) is 0 Å². The smallest absolute Gasteiger partial charge is 0.0725 e. The lowest BCUT2D eigenvalue weighted by Gasteiger charge is -2.31. The van der Waals surface area contributed by atoms with E-state index in [9.17, 15) is 0 Å².